The molecule has 2 amide bonds. The highest BCUT2D eigenvalue weighted by Crippen LogP contribution is 2.37. The van der Waals surface area contributed by atoms with Crippen LogP contribution >= 0.6 is 7.82 Å². The van der Waals surface area contributed by atoms with Crippen LogP contribution in [0.5, 0.6) is 5.75 Å². The molecule has 16 heteroatoms. The van der Waals surface area contributed by atoms with Gasteiger partial charge >= 0.3 is 19.9 Å². The minimum absolute atomic E-state index is 0.0359. The molecular weight excluding hydrogens is 619 g/mol. The Kier molecular flexibility index (Phi) is 12.3. The molecule has 0 atom stereocenters. The zero-order valence-corrected chi connectivity index (χ0v) is 27.2. The van der Waals surface area contributed by atoms with Gasteiger partial charge in [-0.1, -0.05) is 25.1 Å². The zero-order chi connectivity index (χ0) is 34.0. The maximum absolute atomic E-state index is 13.6. The number of anilines is 1. The van der Waals surface area contributed by atoms with Crippen LogP contribution in [0.2, 0.25) is 0 Å². The predicted octanol–water partition coefficient (Wildman–Crippen LogP) is 3.95. The quantitative estimate of drug-likeness (QED) is 0.0549. The molecule has 0 bridgehead atoms. The molecule has 3 aromatic rings. The van der Waals surface area contributed by atoms with E-state index in [1.165, 1.54) is 30.5 Å². The fourth-order valence-corrected chi connectivity index (χ4v) is 4.82. The first kappa shape index (κ1) is 35.6. The molecule has 0 fully saturated rings. The highest BCUT2D eigenvalue weighted by molar-refractivity contribution is 7.46. The van der Waals surface area contributed by atoms with Crippen molar-refractivity contribution >= 4 is 43.0 Å². The number of nitrogens with two attached hydrogens (primary N) is 1. The Morgan fingerprint density at radius 2 is 1.76 bits per heavy atom. The normalized spacial score (nSPS) is 11.5. The van der Waals surface area contributed by atoms with E-state index in [9.17, 15) is 18.9 Å². The lowest BCUT2D eigenvalue weighted by Gasteiger charge is -2.19. The van der Waals surface area contributed by atoms with Gasteiger partial charge in [0.25, 0.3) is 5.91 Å². The summed E-state index contributed by atoms with van der Waals surface area (Å²) in [5, 5.41) is 3.24. The molecule has 0 aliphatic heterocycles. The Bertz CT molecular complexity index is 1630. The molecule has 3 rings (SSSR count). The van der Waals surface area contributed by atoms with E-state index in [0.717, 1.165) is 22.7 Å². The van der Waals surface area contributed by atoms with Gasteiger partial charge in [0.1, 0.15) is 17.3 Å². The van der Waals surface area contributed by atoms with Crippen molar-refractivity contribution in [1.82, 2.24) is 9.58 Å². The maximum atomic E-state index is 13.6. The van der Waals surface area contributed by atoms with Crippen LogP contribution in [0.1, 0.15) is 53.0 Å². The SMILES string of the molecule is CCCN(C(=O)OCOC(=O)Cc1ccc(OP(=O)(O)O)cc1)C(=O)c1cn(NC)c(C(N)=Nc2cc(NCC)ccc2C)c1C. The number of imide groups is 1. The van der Waals surface area contributed by atoms with E-state index in [-0.39, 0.29) is 30.1 Å². The number of esters is 1. The maximum Gasteiger partial charge on any atom is 0.524 e. The van der Waals surface area contributed by atoms with Crippen LogP contribution in [0.15, 0.2) is 53.7 Å². The van der Waals surface area contributed by atoms with Crippen LogP contribution in [-0.2, 0) is 25.3 Å². The Labute approximate surface area is 266 Å². The van der Waals surface area contributed by atoms with Gasteiger partial charge in [-0.15, -0.1) is 0 Å². The Balaban J connectivity index is 1.70. The van der Waals surface area contributed by atoms with Gasteiger partial charge in [0.15, 0.2) is 0 Å². The fraction of sp³-hybridized carbons (Fsp3) is 0.333. The Morgan fingerprint density at radius 1 is 1.07 bits per heavy atom. The predicted molar refractivity (Wildman–Crippen MR) is 172 cm³/mol. The van der Waals surface area contributed by atoms with Gasteiger partial charge in [-0.25, -0.2) is 19.3 Å². The summed E-state index contributed by atoms with van der Waals surface area (Å²) in [6, 6.07) is 11.2. The lowest BCUT2D eigenvalue weighted by atomic mass is 10.1. The van der Waals surface area contributed by atoms with E-state index in [1.54, 1.807) is 25.6 Å². The van der Waals surface area contributed by atoms with E-state index in [0.29, 0.717) is 28.9 Å². The number of nitrogens with zero attached hydrogens (tertiary/aromatic N) is 3. The van der Waals surface area contributed by atoms with Gasteiger partial charge < -0.3 is 30.5 Å². The monoisotopic (exact) mass is 658 g/mol. The van der Waals surface area contributed by atoms with Gasteiger partial charge in [0.2, 0.25) is 6.79 Å². The van der Waals surface area contributed by atoms with Crippen LogP contribution < -0.4 is 21.0 Å². The van der Waals surface area contributed by atoms with Crippen molar-refractivity contribution in [1.29, 1.82) is 0 Å². The molecule has 1 aromatic heterocycles. The van der Waals surface area contributed by atoms with Crippen LogP contribution in [0.3, 0.4) is 0 Å². The summed E-state index contributed by atoms with van der Waals surface area (Å²) in [5.41, 5.74) is 13.4. The van der Waals surface area contributed by atoms with Crippen molar-refractivity contribution in [3.05, 3.63) is 76.6 Å². The number of aryl methyl sites for hydroxylation is 1. The number of amides is 2. The average molecular weight is 659 g/mol. The van der Waals surface area contributed by atoms with E-state index in [4.69, 9.17) is 25.0 Å². The van der Waals surface area contributed by atoms with E-state index < -0.39 is 32.6 Å². The van der Waals surface area contributed by atoms with Crippen LogP contribution in [-0.4, -0.2) is 70.1 Å². The van der Waals surface area contributed by atoms with E-state index >= 15 is 0 Å². The molecule has 2 aromatic carbocycles. The van der Waals surface area contributed by atoms with Crippen molar-refractivity contribution in [2.45, 2.75) is 40.5 Å². The minimum Gasteiger partial charge on any atom is -0.428 e. The number of aromatic nitrogens is 1. The van der Waals surface area contributed by atoms with Crippen molar-refractivity contribution in [3.63, 3.8) is 0 Å². The summed E-state index contributed by atoms with van der Waals surface area (Å²) in [4.78, 5) is 62.1. The van der Waals surface area contributed by atoms with Crippen LogP contribution in [0, 0.1) is 13.8 Å². The molecule has 0 saturated carbocycles. The summed E-state index contributed by atoms with van der Waals surface area (Å²) >= 11 is 0. The standard InChI is InChI=1S/C30H39N6O9P/c1-6-14-35(30(39)44-18-43-26(37)15-21-9-12-23(13-10-21)45-46(40,41)42)29(38)24-17-36(32-5)27(20(24)4)28(31)34-25-16-22(33-7-2)11-8-19(25)3/h8-13,16-17,32-33H,6-7,14-15,18H2,1-5H3,(H2,31,34)(H2,40,41,42). The number of amidine groups is 1. The summed E-state index contributed by atoms with van der Waals surface area (Å²) in [5.74, 6) is -1.30. The minimum atomic E-state index is -4.71. The van der Waals surface area contributed by atoms with Crippen molar-refractivity contribution in [3.8, 4) is 5.75 Å². The number of carbonyl (C=O) groups is 3. The zero-order valence-electron chi connectivity index (χ0n) is 26.3. The summed E-state index contributed by atoms with van der Waals surface area (Å²) in [6.07, 6.45) is 0.733. The first-order valence-corrected chi connectivity index (χ1v) is 15.9. The molecule has 0 spiro atoms. The molecule has 248 valence electrons. The molecule has 15 nitrogen and oxygen atoms in total. The Morgan fingerprint density at radius 3 is 2.37 bits per heavy atom. The topological polar surface area (TPSA) is 207 Å². The molecule has 0 aliphatic carbocycles. The Hall–Kier alpha value is -4.85. The average Bonchev–Trinajstić information content (AvgIpc) is 3.33. The number of benzene rings is 2. The van der Waals surface area contributed by atoms with Gasteiger partial charge in [0, 0.05) is 32.0 Å². The first-order valence-electron chi connectivity index (χ1n) is 14.3. The third kappa shape index (κ3) is 9.57. The lowest BCUT2D eigenvalue weighted by molar-refractivity contribution is -0.151. The highest BCUT2D eigenvalue weighted by Gasteiger charge is 2.29. The van der Waals surface area contributed by atoms with Crippen molar-refractivity contribution in [2.75, 3.05) is 37.7 Å². The smallest absolute Gasteiger partial charge is 0.428 e. The number of phosphoric ester groups is 1. The number of nitrogens with one attached hydrogen (secondary N) is 2. The number of hydrogen-bond donors (Lipinski definition) is 5. The van der Waals surface area contributed by atoms with Crippen molar-refractivity contribution < 1.29 is 42.7 Å². The molecule has 0 radical (unpaired) electrons. The molecule has 6 N–H and O–H groups in total. The number of carbonyl (C=O) groups excluding carboxylic acids is 3. The molecule has 46 heavy (non-hydrogen) atoms. The third-order valence-electron chi connectivity index (χ3n) is 6.61. The van der Waals surface area contributed by atoms with Gasteiger partial charge in [-0.3, -0.25) is 24.1 Å². The molecular formula is C30H39N6O9P. The van der Waals surface area contributed by atoms with Crippen molar-refractivity contribution in [2.24, 2.45) is 10.7 Å². The second-order valence-electron chi connectivity index (χ2n) is 10.0. The molecule has 0 aliphatic rings. The number of hydrogen-bond acceptors (Lipinski definition) is 10. The first-order chi connectivity index (χ1) is 21.8. The number of aliphatic imine (C=N–C) groups is 1. The summed E-state index contributed by atoms with van der Waals surface area (Å²) < 4.78 is 27.0. The second kappa shape index (κ2) is 15.9. The van der Waals surface area contributed by atoms with Crippen LogP contribution in [0.25, 0.3) is 0 Å². The molecule has 0 saturated heterocycles. The molecule has 0 unspecified atom stereocenters. The van der Waals surface area contributed by atoms with E-state index in [2.05, 4.69) is 20.3 Å². The number of phosphoric acid groups is 1. The highest BCUT2D eigenvalue weighted by atomic mass is 31.2. The fourth-order valence-electron chi connectivity index (χ4n) is 4.42. The lowest BCUT2D eigenvalue weighted by Crippen LogP contribution is -2.38. The largest absolute Gasteiger partial charge is 0.524 e. The number of ether oxygens (including phenoxy) is 2. The summed E-state index contributed by atoms with van der Waals surface area (Å²) in [7, 11) is -3.06. The number of rotatable bonds is 14. The third-order valence-corrected chi connectivity index (χ3v) is 7.06. The second-order valence-corrected chi connectivity index (χ2v) is 11.2. The van der Waals surface area contributed by atoms with E-state index in [1.807, 2.05) is 32.0 Å². The van der Waals surface area contributed by atoms with Gasteiger partial charge in [-0.05, 0) is 68.1 Å². The van der Waals surface area contributed by atoms with Gasteiger partial charge in [0.05, 0.1) is 17.7 Å². The summed E-state index contributed by atoms with van der Waals surface area (Å²) in [6.45, 7) is 7.43. The molecule has 1 heterocycles. The van der Waals surface area contributed by atoms with Gasteiger partial charge in [-0.2, -0.15) is 0 Å². The van der Waals surface area contributed by atoms with Crippen LogP contribution in [0.4, 0.5) is 16.2 Å².